The van der Waals surface area contributed by atoms with Gasteiger partial charge in [0.1, 0.15) is 12.6 Å². The first-order valence-corrected chi connectivity index (χ1v) is 10.4. The predicted octanol–water partition coefficient (Wildman–Crippen LogP) is 2.08. The monoisotopic (exact) mass is 406 g/mol. The van der Waals surface area contributed by atoms with E-state index in [0.717, 1.165) is 35.9 Å². The molecule has 4 rings (SSSR count). The first kappa shape index (κ1) is 19.7. The SMILES string of the molecule is Cc1c(C)c2cc(Cl)c3c(c2oc1=O)C[NH+](C1CC(C)(C)[NH2+]C(C)(C)C1)CO3. The Kier molecular flexibility index (Phi) is 4.57. The summed E-state index contributed by atoms with van der Waals surface area (Å²) in [6, 6.07) is 2.35. The van der Waals surface area contributed by atoms with Crippen molar-refractivity contribution in [2.45, 2.75) is 78.0 Å². The molecule has 1 atom stereocenters. The van der Waals surface area contributed by atoms with Crippen LogP contribution < -0.4 is 20.6 Å². The highest BCUT2D eigenvalue weighted by Gasteiger charge is 2.47. The van der Waals surface area contributed by atoms with E-state index in [1.54, 1.807) is 6.92 Å². The molecule has 6 heteroatoms. The Morgan fingerprint density at radius 2 is 1.79 bits per heavy atom. The van der Waals surface area contributed by atoms with E-state index in [2.05, 4.69) is 33.0 Å². The number of piperidine rings is 1. The Hall–Kier alpha value is -1.56. The standard InChI is InChI=1S/C22H29ClN2O3/c1-12-13(2)20(26)28-18-15(12)7-17(23)19-16(18)10-25(11-27-19)14-8-21(3,4)24-22(5,6)9-14/h7,14,24H,8-11H2,1-6H3/p+2. The van der Waals surface area contributed by atoms with Crippen LogP contribution in [-0.4, -0.2) is 23.9 Å². The van der Waals surface area contributed by atoms with Gasteiger partial charge in [-0.05, 0) is 53.2 Å². The van der Waals surface area contributed by atoms with Gasteiger partial charge in [0, 0.05) is 10.9 Å². The maximum Gasteiger partial charge on any atom is 0.339 e. The third-order valence-corrected chi connectivity index (χ3v) is 6.74. The Labute approximate surface area is 171 Å². The van der Waals surface area contributed by atoms with E-state index >= 15 is 0 Å². The fourth-order valence-corrected chi connectivity index (χ4v) is 5.69. The van der Waals surface area contributed by atoms with E-state index in [9.17, 15) is 4.79 Å². The highest BCUT2D eigenvalue weighted by Crippen LogP contribution is 2.37. The number of halogens is 1. The summed E-state index contributed by atoms with van der Waals surface area (Å²) in [6.07, 6.45) is 2.23. The van der Waals surface area contributed by atoms with E-state index in [-0.39, 0.29) is 16.7 Å². The molecule has 152 valence electrons. The molecule has 5 nitrogen and oxygen atoms in total. The van der Waals surface area contributed by atoms with Gasteiger partial charge in [-0.2, -0.15) is 0 Å². The van der Waals surface area contributed by atoms with Crippen LogP contribution in [0, 0.1) is 13.8 Å². The maximum absolute atomic E-state index is 12.3. The Morgan fingerprint density at radius 3 is 2.43 bits per heavy atom. The van der Waals surface area contributed by atoms with Crippen molar-refractivity contribution in [3.63, 3.8) is 0 Å². The van der Waals surface area contributed by atoms with Gasteiger partial charge in [-0.3, -0.25) is 4.90 Å². The highest BCUT2D eigenvalue weighted by molar-refractivity contribution is 6.33. The molecule has 3 N–H and O–H groups in total. The molecule has 1 saturated heterocycles. The molecule has 2 aromatic rings. The molecule has 0 amide bonds. The third-order valence-electron chi connectivity index (χ3n) is 6.46. The minimum absolute atomic E-state index is 0.191. The fraction of sp³-hybridized carbons (Fsp3) is 0.591. The van der Waals surface area contributed by atoms with Crippen molar-refractivity contribution in [1.82, 2.24) is 0 Å². The van der Waals surface area contributed by atoms with Gasteiger partial charge in [0.25, 0.3) is 0 Å². The summed E-state index contributed by atoms with van der Waals surface area (Å²) in [5.74, 6) is 0.671. The summed E-state index contributed by atoms with van der Waals surface area (Å²) in [4.78, 5) is 13.7. The van der Waals surface area contributed by atoms with Crippen LogP contribution in [0.25, 0.3) is 11.0 Å². The van der Waals surface area contributed by atoms with Crippen LogP contribution >= 0.6 is 11.6 Å². The highest BCUT2D eigenvalue weighted by atomic mass is 35.5. The summed E-state index contributed by atoms with van der Waals surface area (Å²) in [6.45, 7) is 14.4. The lowest BCUT2D eigenvalue weighted by Gasteiger charge is -2.45. The van der Waals surface area contributed by atoms with Crippen molar-refractivity contribution in [2.75, 3.05) is 6.73 Å². The van der Waals surface area contributed by atoms with Gasteiger partial charge in [0.15, 0.2) is 11.3 Å². The fourth-order valence-electron chi connectivity index (χ4n) is 5.42. The molecular formula is C22H31ClN2O3+2. The van der Waals surface area contributed by atoms with Crippen LogP contribution in [-0.2, 0) is 6.54 Å². The van der Waals surface area contributed by atoms with Crippen LogP contribution in [0.1, 0.15) is 57.2 Å². The minimum Gasteiger partial charge on any atom is -0.443 e. The number of nitrogens with one attached hydrogen (secondary N) is 1. The Morgan fingerprint density at radius 1 is 1.14 bits per heavy atom. The molecule has 3 heterocycles. The second kappa shape index (κ2) is 6.48. The summed E-state index contributed by atoms with van der Waals surface area (Å²) >= 11 is 6.55. The van der Waals surface area contributed by atoms with Crippen LogP contribution in [0.2, 0.25) is 5.02 Å². The van der Waals surface area contributed by atoms with Crippen molar-refractivity contribution < 1.29 is 19.4 Å². The molecule has 28 heavy (non-hydrogen) atoms. The zero-order chi connectivity index (χ0) is 20.4. The van der Waals surface area contributed by atoms with Crippen LogP contribution in [0.5, 0.6) is 5.75 Å². The summed E-state index contributed by atoms with van der Waals surface area (Å²) < 4.78 is 11.9. The molecular weight excluding hydrogens is 376 g/mol. The Bertz CT molecular complexity index is 993. The molecule has 0 bridgehead atoms. The summed E-state index contributed by atoms with van der Waals surface area (Å²) in [5, 5.41) is 3.99. The van der Waals surface area contributed by atoms with E-state index in [0.29, 0.717) is 34.7 Å². The summed E-state index contributed by atoms with van der Waals surface area (Å²) in [5.41, 5.74) is 3.22. The van der Waals surface area contributed by atoms with Crippen LogP contribution in [0.3, 0.4) is 0 Å². The van der Waals surface area contributed by atoms with Gasteiger partial charge < -0.3 is 14.5 Å². The van der Waals surface area contributed by atoms with Gasteiger partial charge >= 0.3 is 5.63 Å². The van der Waals surface area contributed by atoms with Crippen LogP contribution in [0.4, 0.5) is 0 Å². The second-order valence-corrected chi connectivity index (χ2v) is 10.4. The number of hydrogen-bond donors (Lipinski definition) is 2. The number of nitrogens with two attached hydrogens (primary N) is 1. The predicted molar refractivity (Wildman–Crippen MR) is 110 cm³/mol. The number of aryl methyl sites for hydroxylation is 1. The van der Waals surface area contributed by atoms with Crippen molar-refractivity contribution in [2.24, 2.45) is 0 Å². The van der Waals surface area contributed by atoms with Crippen molar-refractivity contribution >= 4 is 22.6 Å². The Balaban J connectivity index is 1.78. The number of rotatable bonds is 1. The largest absolute Gasteiger partial charge is 0.443 e. The molecule has 0 saturated carbocycles. The van der Waals surface area contributed by atoms with Gasteiger partial charge in [0.05, 0.1) is 34.5 Å². The second-order valence-electron chi connectivity index (χ2n) is 10.0. The van der Waals surface area contributed by atoms with E-state index in [1.165, 1.54) is 4.90 Å². The number of hydrogen-bond acceptors (Lipinski definition) is 3. The van der Waals surface area contributed by atoms with Crippen LogP contribution in [0.15, 0.2) is 15.3 Å². The molecule has 0 spiro atoms. The average Bonchev–Trinajstić information content (AvgIpc) is 2.58. The number of quaternary nitrogens is 2. The molecule has 1 aromatic heterocycles. The lowest BCUT2D eigenvalue weighted by molar-refractivity contribution is -0.969. The van der Waals surface area contributed by atoms with Crippen molar-refractivity contribution in [1.29, 1.82) is 0 Å². The normalized spacial score (nSPS) is 24.0. The lowest BCUT2D eigenvalue weighted by Crippen LogP contribution is -3.20. The summed E-state index contributed by atoms with van der Waals surface area (Å²) in [7, 11) is 0. The maximum atomic E-state index is 12.3. The molecule has 1 unspecified atom stereocenters. The van der Waals surface area contributed by atoms with E-state index < -0.39 is 0 Å². The minimum atomic E-state index is -0.281. The van der Waals surface area contributed by atoms with Crippen molar-refractivity contribution in [3.8, 4) is 5.75 Å². The lowest BCUT2D eigenvalue weighted by atomic mass is 9.79. The number of benzene rings is 1. The molecule has 2 aliphatic rings. The van der Waals surface area contributed by atoms with Gasteiger partial charge in [0.2, 0.25) is 6.73 Å². The molecule has 1 aromatic carbocycles. The topological polar surface area (TPSA) is 60.5 Å². The van der Waals surface area contributed by atoms with Crippen molar-refractivity contribution in [3.05, 3.63) is 38.2 Å². The quantitative estimate of drug-likeness (QED) is 0.713. The van der Waals surface area contributed by atoms with Gasteiger partial charge in [-0.1, -0.05) is 11.6 Å². The number of ether oxygens (including phenoxy) is 1. The molecule has 0 radical (unpaired) electrons. The third kappa shape index (κ3) is 3.34. The molecule has 2 aliphatic heterocycles. The van der Waals surface area contributed by atoms with Gasteiger partial charge in [-0.15, -0.1) is 0 Å². The van der Waals surface area contributed by atoms with E-state index in [1.807, 2.05) is 13.0 Å². The zero-order valence-corrected chi connectivity index (χ0v) is 18.4. The average molecular weight is 407 g/mol. The van der Waals surface area contributed by atoms with Gasteiger partial charge in [-0.25, -0.2) is 4.79 Å². The smallest absolute Gasteiger partial charge is 0.339 e. The number of fused-ring (bicyclic) bond motifs is 3. The molecule has 0 aliphatic carbocycles. The first-order chi connectivity index (χ1) is 13.0. The molecule has 1 fully saturated rings. The zero-order valence-electron chi connectivity index (χ0n) is 17.7. The van der Waals surface area contributed by atoms with E-state index in [4.69, 9.17) is 20.8 Å². The first-order valence-electron chi connectivity index (χ1n) is 10.1.